The monoisotopic (exact) mass is 279 g/mol. The van der Waals surface area contributed by atoms with E-state index in [9.17, 15) is 0 Å². The minimum Gasteiger partial charge on any atom is -0.326 e. The summed E-state index contributed by atoms with van der Waals surface area (Å²) in [5.74, 6) is 0. The molecule has 2 unspecified atom stereocenters. The van der Waals surface area contributed by atoms with E-state index in [2.05, 4.69) is 44.6 Å². The van der Waals surface area contributed by atoms with Crippen LogP contribution in [0.15, 0.2) is 5.16 Å². The molecule has 0 spiro atoms. The summed E-state index contributed by atoms with van der Waals surface area (Å²) in [5.41, 5.74) is 10.0. The molecule has 19 heavy (non-hydrogen) atoms. The van der Waals surface area contributed by atoms with Crippen LogP contribution in [0.4, 0.5) is 0 Å². The zero-order valence-electron chi connectivity index (χ0n) is 12.7. The third kappa shape index (κ3) is 3.11. The second-order valence-electron chi connectivity index (χ2n) is 6.36. The first kappa shape index (κ1) is 14.8. The standard InChI is InChI=1S/C15H25N3S/c1-9-10(2)17-14(18-11(9)3)19-12-7-6-8-15(4,5)13(12)16/h12-13H,6-8,16H2,1-5H3. The molecule has 2 N–H and O–H groups in total. The number of nitrogens with zero attached hydrogens (tertiary/aromatic N) is 2. The summed E-state index contributed by atoms with van der Waals surface area (Å²) in [5, 5.41) is 1.32. The molecule has 0 radical (unpaired) electrons. The second kappa shape index (κ2) is 5.41. The minimum atomic E-state index is 0.219. The number of aryl methyl sites for hydroxylation is 2. The van der Waals surface area contributed by atoms with Gasteiger partial charge in [0.2, 0.25) is 0 Å². The van der Waals surface area contributed by atoms with Gasteiger partial charge in [0.05, 0.1) is 0 Å². The van der Waals surface area contributed by atoms with E-state index in [4.69, 9.17) is 5.73 Å². The van der Waals surface area contributed by atoms with Gasteiger partial charge in [-0.1, -0.05) is 32.0 Å². The Hall–Kier alpha value is -0.610. The van der Waals surface area contributed by atoms with Crippen LogP contribution in [0.3, 0.4) is 0 Å². The summed E-state index contributed by atoms with van der Waals surface area (Å²) in [7, 11) is 0. The van der Waals surface area contributed by atoms with Crippen molar-refractivity contribution in [3.8, 4) is 0 Å². The Morgan fingerprint density at radius 3 is 2.32 bits per heavy atom. The van der Waals surface area contributed by atoms with Crippen LogP contribution in [0.1, 0.15) is 50.1 Å². The van der Waals surface area contributed by atoms with Gasteiger partial charge in [-0.3, -0.25) is 0 Å². The van der Waals surface area contributed by atoms with Crippen LogP contribution in [0.25, 0.3) is 0 Å². The molecule has 106 valence electrons. The zero-order chi connectivity index (χ0) is 14.2. The molecule has 1 aromatic rings. The Kier molecular flexibility index (Phi) is 4.21. The highest BCUT2D eigenvalue weighted by atomic mass is 32.2. The van der Waals surface area contributed by atoms with Crippen LogP contribution >= 0.6 is 11.8 Å². The molecule has 2 atom stereocenters. The summed E-state index contributed by atoms with van der Waals surface area (Å²) in [6.07, 6.45) is 3.64. The quantitative estimate of drug-likeness (QED) is 0.843. The highest BCUT2D eigenvalue weighted by Gasteiger charge is 2.37. The number of hydrogen-bond acceptors (Lipinski definition) is 4. The Morgan fingerprint density at radius 1 is 1.16 bits per heavy atom. The molecule has 1 aliphatic carbocycles. The van der Waals surface area contributed by atoms with Crippen LogP contribution in [-0.2, 0) is 0 Å². The van der Waals surface area contributed by atoms with Gasteiger partial charge in [-0.15, -0.1) is 0 Å². The molecule has 0 bridgehead atoms. The molecule has 1 aliphatic rings. The zero-order valence-corrected chi connectivity index (χ0v) is 13.5. The van der Waals surface area contributed by atoms with E-state index in [1.54, 1.807) is 11.8 Å². The molecule has 2 rings (SSSR count). The normalized spacial score (nSPS) is 26.4. The number of rotatable bonds is 2. The minimum absolute atomic E-state index is 0.219. The number of nitrogens with two attached hydrogens (primary N) is 1. The smallest absolute Gasteiger partial charge is 0.188 e. The van der Waals surface area contributed by atoms with E-state index in [1.807, 2.05) is 0 Å². The van der Waals surface area contributed by atoms with E-state index < -0.39 is 0 Å². The molecular formula is C15H25N3S. The van der Waals surface area contributed by atoms with E-state index >= 15 is 0 Å². The lowest BCUT2D eigenvalue weighted by Gasteiger charge is -2.41. The van der Waals surface area contributed by atoms with Gasteiger partial charge < -0.3 is 5.73 Å². The van der Waals surface area contributed by atoms with Gasteiger partial charge in [0.1, 0.15) is 0 Å². The predicted octanol–water partition coefficient (Wildman–Crippen LogP) is 3.40. The summed E-state index contributed by atoms with van der Waals surface area (Å²) < 4.78 is 0. The van der Waals surface area contributed by atoms with Gasteiger partial charge in [-0.05, 0) is 44.6 Å². The lowest BCUT2D eigenvalue weighted by Crippen LogP contribution is -2.48. The van der Waals surface area contributed by atoms with Crippen molar-refractivity contribution in [2.45, 2.75) is 70.3 Å². The molecule has 3 nitrogen and oxygen atoms in total. The number of hydrogen-bond donors (Lipinski definition) is 1. The van der Waals surface area contributed by atoms with E-state index in [1.165, 1.54) is 24.8 Å². The van der Waals surface area contributed by atoms with Crippen molar-refractivity contribution in [2.24, 2.45) is 11.1 Å². The van der Waals surface area contributed by atoms with E-state index in [0.29, 0.717) is 5.25 Å². The fraction of sp³-hybridized carbons (Fsp3) is 0.733. The fourth-order valence-electron chi connectivity index (χ4n) is 2.67. The first-order valence-electron chi connectivity index (χ1n) is 7.05. The molecule has 0 aliphatic heterocycles. The van der Waals surface area contributed by atoms with Crippen LogP contribution in [0.2, 0.25) is 0 Å². The lowest BCUT2D eigenvalue weighted by molar-refractivity contribution is 0.208. The number of aromatic nitrogens is 2. The maximum atomic E-state index is 6.43. The van der Waals surface area contributed by atoms with Gasteiger partial charge in [0.15, 0.2) is 5.16 Å². The van der Waals surface area contributed by atoms with Gasteiger partial charge in [0.25, 0.3) is 0 Å². The van der Waals surface area contributed by atoms with Crippen molar-refractivity contribution in [3.63, 3.8) is 0 Å². The Balaban J connectivity index is 2.17. The molecule has 1 heterocycles. The molecule has 0 amide bonds. The molecule has 0 aromatic carbocycles. The fourth-order valence-corrected chi connectivity index (χ4v) is 4.12. The van der Waals surface area contributed by atoms with Crippen LogP contribution < -0.4 is 5.73 Å². The highest BCUT2D eigenvalue weighted by molar-refractivity contribution is 7.99. The van der Waals surface area contributed by atoms with Gasteiger partial charge in [0, 0.05) is 22.7 Å². The van der Waals surface area contributed by atoms with Crippen molar-refractivity contribution in [1.29, 1.82) is 0 Å². The molecule has 4 heteroatoms. The number of thioether (sulfide) groups is 1. The Labute approximate surface area is 120 Å². The van der Waals surface area contributed by atoms with Crippen molar-refractivity contribution in [2.75, 3.05) is 0 Å². The van der Waals surface area contributed by atoms with Crippen LogP contribution in [0.5, 0.6) is 0 Å². The molecule has 0 saturated heterocycles. The maximum Gasteiger partial charge on any atom is 0.188 e. The molecular weight excluding hydrogens is 254 g/mol. The van der Waals surface area contributed by atoms with Crippen molar-refractivity contribution in [3.05, 3.63) is 17.0 Å². The molecule has 1 fully saturated rings. The summed E-state index contributed by atoms with van der Waals surface area (Å²) in [4.78, 5) is 9.21. The van der Waals surface area contributed by atoms with Crippen molar-refractivity contribution in [1.82, 2.24) is 9.97 Å². The average molecular weight is 279 g/mol. The largest absolute Gasteiger partial charge is 0.326 e. The summed E-state index contributed by atoms with van der Waals surface area (Å²) in [6.45, 7) is 10.7. The maximum absolute atomic E-state index is 6.43. The Morgan fingerprint density at radius 2 is 1.74 bits per heavy atom. The van der Waals surface area contributed by atoms with Crippen LogP contribution in [-0.4, -0.2) is 21.3 Å². The van der Waals surface area contributed by atoms with E-state index in [-0.39, 0.29) is 11.5 Å². The van der Waals surface area contributed by atoms with Gasteiger partial charge >= 0.3 is 0 Å². The van der Waals surface area contributed by atoms with Gasteiger partial charge in [-0.25, -0.2) is 9.97 Å². The molecule has 1 aromatic heterocycles. The summed E-state index contributed by atoms with van der Waals surface area (Å²) in [6, 6.07) is 0.219. The van der Waals surface area contributed by atoms with Gasteiger partial charge in [-0.2, -0.15) is 0 Å². The van der Waals surface area contributed by atoms with Crippen molar-refractivity contribution < 1.29 is 0 Å². The Bertz CT molecular complexity index is 447. The first-order valence-corrected chi connectivity index (χ1v) is 7.93. The molecule has 1 saturated carbocycles. The van der Waals surface area contributed by atoms with Crippen molar-refractivity contribution >= 4 is 11.8 Å². The highest BCUT2D eigenvalue weighted by Crippen LogP contribution is 2.41. The average Bonchev–Trinajstić information content (AvgIpc) is 2.32. The topological polar surface area (TPSA) is 51.8 Å². The summed E-state index contributed by atoms with van der Waals surface area (Å²) >= 11 is 1.76. The predicted molar refractivity (Wildman–Crippen MR) is 81.5 cm³/mol. The van der Waals surface area contributed by atoms with E-state index in [0.717, 1.165) is 16.5 Å². The van der Waals surface area contributed by atoms with Crippen LogP contribution in [0, 0.1) is 26.2 Å². The second-order valence-corrected chi connectivity index (χ2v) is 7.57. The SMILES string of the molecule is Cc1nc(SC2CCCC(C)(C)C2N)nc(C)c1C. The first-order chi connectivity index (χ1) is 8.81. The lowest BCUT2D eigenvalue weighted by atomic mass is 9.73. The third-order valence-corrected chi connectivity index (χ3v) is 5.71. The third-order valence-electron chi connectivity index (χ3n) is 4.48.